The van der Waals surface area contributed by atoms with Gasteiger partial charge in [-0.15, -0.1) is 0 Å². The van der Waals surface area contributed by atoms with Crippen molar-refractivity contribution in [2.45, 2.75) is 12.8 Å². The van der Waals surface area contributed by atoms with Gasteiger partial charge in [-0.2, -0.15) is 5.10 Å². The van der Waals surface area contributed by atoms with Crippen LogP contribution in [0.2, 0.25) is 0 Å². The highest BCUT2D eigenvalue weighted by molar-refractivity contribution is 5.76. The Labute approximate surface area is 150 Å². The quantitative estimate of drug-likeness (QED) is 0.778. The van der Waals surface area contributed by atoms with E-state index in [4.69, 9.17) is 4.74 Å². The van der Waals surface area contributed by atoms with Gasteiger partial charge in [0.15, 0.2) is 5.82 Å². The van der Waals surface area contributed by atoms with Gasteiger partial charge in [0, 0.05) is 31.0 Å². The third kappa shape index (κ3) is 2.96. The Hall–Kier alpha value is -3.09. The molecule has 0 radical (unpaired) electrons. The standard InChI is InChI=1S/C19H20N4O3/c1-26-15-4-2-13(3-5-15)16-12-17-18(20-8-11-23(17)21-16)22-9-6-14(7-10-22)19(24)25/h2-5,8,11-12,14H,6-7,9-10H2,1H3,(H,24,25). The first-order valence-electron chi connectivity index (χ1n) is 8.62. The van der Waals surface area contributed by atoms with Crippen molar-refractivity contribution in [2.24, 2.45) is 5.92 Å². The number of fused-ring (bicyclic) bond motifs is 1. The Bertz CT molecular complexity index is 928. The summed E-state index contributed by atoms with van der Waals surface area (Å²) in [5.74, 6) is 0.692. The number of hydrogen-bond acceptors (Lipinski definition) is 5. The summed E-state index contributed by atoms with van der Waals surface area (Å²) in [6.45, 7) is 1.37. The number of aromatic nitrogens is 3. The van der Waals surface area contributed by atoms with Crippen molar-refractivity contribution >= 4 is 17.3 Å². The van der Waals surface area contributed by atoms with E-state index in [0.29, 0.717) is 25.9 Å². The van der Waals surface area contributed by atoms with Crippen LogP contribution in [0.15, 0.2) is 42.7 Å². The number of ether oxygens (including phenoxy) is 1. The topological polar surface area (TPSA) is 80.0 Å². The molecule has 1 saturated heterocycles. The fourth-order valence-corrected chi connectivity index (χ4v) is 3.39. The SMILES string of the molecule is COc1ccc(-c2cc3c(N4CCC(C(=O)O)CC4)nccn3n2)cc1. The minimum Gasteiger partial charge on any atom is -0.497 e. The van der Waals surface area contributed by atoms with Crippen LogP contribution in [0.4, 0.5) is 5.82 Å². The van der Waals surface area contributed by atoms with E-state index < -0.39 is 5.97 Å². The van der Waals surface area contributed by atoms with Crippen molar-refractivity contribution in [2.75, 3.05) is 25.1 Å². The molecule has 7 nitrogen and oxygen atoms in total. The number of carboxylic acid groups (broad SMARTS) is 1. The molecule has 3 aromatic rings. The zero-order valence-electron chi connectivity index (χ0n) is 14.5. The molecule has 3 heterocycles. The fourth-order valence-electron chi connectivity index (χ4n) is 3.39. The molecule has 0 amide bonds. The van der Waals surface area contributed by atoms with E-state index in [1.165, 1.54) is 0 Å². The summed E-state index contributed by atoms with van der Waals surface area (Å²) in [7, 11) is 1.64. The Morgan fingerprint density at radius 2 is 1.96 bits per heavy atom. The molecule has 2 aromatic heterocycles. The predicted molar refractivity (Wildman–Crippen MR) is 97.5 cm³/mol. The molecule has 1 aromatic carbocycles. The summed E-state index contributed by atoms with van der Waals surface area (Å²) in [5.41, 5.74) is 2.79. The molecule has 0 spiro atoms. The Balaban J connectivity index is 1.64. The van der Waals surface area contributed by atoms with Crippen LogP contribution in [-0.4, -0.2) is 45.9 Å². The second kappa shape index (κ2) is 6.67. The number of anilines is 1. The molecule has 1 aliphatic heterocycles. The van der Waals surface area contributed by atoms with Crippen molar-refractivity contribution in [3.05, 3.63) is 42.7 Å². The van der Waals surface area contributed by atoms with Crippen molar-refractivity contribution in [3.63, 3.8) is 0 Å². The van der Waals surface area contributed by atoms with Gasteiger partial charge >= 0.3 is 5.97 Å². The van der Waals surface area contributed by atoms with Crippen molar-refractivity contribution in [1.82, 2.24) is 14.6 Å². The number of piperidine rings is 1. The fraction of sp³-hybridized carbons (Fsp3) is 0.316. The molecular weight excluding hydrogens is 332 g/mol. The van der Waals surface area contributed by atoms with Gasteiger partial charge in [0.05, 0.1) is 18.7 Å². The maximum absolute atomic E-state index is 11.2. The predicted octanol–water partition coefficient (Wildman–Crippen LogP) is 2.71. The third-order valence-electron chi connectivity index (χ3n) is 4.90. The number of nitrogens with zero attached hydrogens (tertiary/aromatic N) is 4. The Kier molecular flexibility index (Phi) is 4.20. The lowest BCUT2D eigenvalue weighted by atomic mass is 9.97. The Morgan fingerprint density at radius 1 is 1.23 bits per heavy atom. The zero-order chi connectivity index (χ0) is 18.1. The maximum Gasteiger partial charge on any atom is 0.306 e. The van der Waals surface area contributed by atoms with Gasteiger partial charge in [-0.3, -0.25) is 4.79 Å². The molecule has 0 aliphatic carbocycles. The van der Waals surface area contributed by atoms with Gasteiger partial charge in [-0.05, 0) is 43.2 Å². The van der Waals surface area contributed by atoms with Gasteiger partial charge in [0.1, 0.15) is 11.3 Å². The highest BCUT2D eigenvalue weighted by Gasteiger charge is 2.26. The largest absolute Gasteiger partial charge is 0.497 e. The van der Waals surface area contributed by atoms with E-state index in [-0.39, 0.29) is 5.92 Å². The van der Waals surface area contributed by atoms with Crippen molar-refractivity contribution in [3.8, 4) is 17.0 Å². The lowest BCUT2D eigenvalue weighted by Crippen LogP contribution is -2.37. The van der Waals surface area contributed by atoms with Crippen LogP contribution >= 0.6 is 0 Å². The molecule has 4 rings (SSSR count). The molecule has 26 heavy (non-hydrogen) atoms. The van der Waals surface area contributed by atoms with Gasteiger partial charge in [0.25, 0.3) is 0 Å². The van der Waals surface area contributed by atoms with Crippen LogP contribution in [0.1, 0.15) is 12.8 Å². The summed E-state index contributed by atoms with van der Waals surface area (Å²) >= 11 is 0. The van der Waals surface area contributed by atoms with E-state index in [1.54, 1.807) is 13.3 Å². The average Bonchev–Trinajstić information content (AvgIpc) is 3.12. The van der Waals surface area contributed by atoms with Crippen LogP contribution in [0, 0.1) is 5.92 Å². The van der Waals surface area contributed by atoms with Gasteiger partial charge in [-0.1, -0.05) is 0 Å². The van der Waals surface area contributed by atoms with Crippen LogP contribution in [0.5, 0.6) is 5.75 Å². The first-order chi connectivity index (χ1) is 12.7. The number of carbonyl (C=O) groups is 1. The number of carboxylic acids is 1. The van der Waals surface area contributed by atoms with E-state index in [2.05, 4.69) is 15.0 Å². The number of methoxy groups -OCH3 is 1. The molecule has 0 atom stereocenters. The minimum atomic E-state index is -0.707. The summed E-state index contributed by atoms with van der Waals surface area (Å²) in [6.07, 6.45) is 4.83. The smallest absolute Gasteiger partial charge is 0.306 e. The van der Waals surface area contributed by atoms with Crippen LogP contribution in [0.3, 0.4) is 0 Å². The van der Waals surface area contributed by atoms with E-state index in [9.17, 15) is 9.90 Å². The van der Waals surface area contributed by atoms with Crippen LogP contribution in [-0.2, 0) is 4.79 Å². The third-order valence-corrected chi connectivity index (χ3v) is 4.90. The highest BCUT2D eigenvalue weighted by Crippen LogP contribution is 2.29. The molecule has 1 aliphatic rings. The molecule has 0 saturated carbocycles. The molecule has 134 valence electrons. The normalized spacial score (nSPS) is 15.3. The van der Waals surface area contributed by atoms with E-state index in [1.807, 2.05) is 41.0 Å². The van der Waals surface area contributed by atoms with E-state index >= 15 is 0 Å². The monoisotopic (exact) mass is 352 g/mol. The van der Waals surface area contributed by atoms with Crippen LogP contribution < -0.4 is 9.64 Å². The second-order valence-electron chi connectivity index (χ2n) is 6.44. The Morgan fingerprint density at radius 3 is 2.62 bits per heavy atom. The average molecular weight is 352 g/mol. The number of rotatable bonds is 4. The molecule has 0 bridgehead atoms. The summed E-state index contributed by atoms with van der Waals surface area (Å²) in [6, 6.07) is 9.80. The number of hydrogen-bond donors (Lipinski definition) is 1. The van der Waals surface area contributed by atoms with Gasteiger partial charge in [0.2, 0.25) is 0 Å². The number of benzene rings is 1. The molecule has 1 fully saturated rings. The summed E-state index contributed by atoms with van der Waals surface area (Å²) < 4.78 is 7.03. The lowest BCUT2D eigenvalue weighted by Gasteiger charge is -2.31. The maximum atomic E-state index is 11.2. The van der Waals surface area contributed by atoms with Crippen molar-refractivity contribution < 1.29 is 14.6 Å². The molecule has 1 N–H and O–H groups in total. The highest BCUT2D eigenvalue weighted by atomic mass is 16.5. The van der Waals surface area contributed by atoms with Crippen LogP contribution in [0.25, 0.3) is 16.8 Å². The first-order valence-corrected chi connectivity index (χ1v) is 8.62. The first kappa shape index (κ1) is 16.4. The number of aliphatic carboxylic acids is 1. The summed E-state index contributed by atoms with van der Waals surface area (Å²) in [4.78, 5) is 17.8. The van der Waals surface area contributed by atoms with Gasteiger partial charge < -0.3 is 14.7 Å². The molecular formula is C19H20N4O3. The van der Waals surface area contributed by atoms with E-state index in [0.717, 1.165) is 28.3 Å². The lowest BCUT2D eigenvalue weighted by molar-refractivity contribution is -0.142. The molecule has 7 heteroatoms. The van der Waals surface area contributed by atoms with Gasteiger partial charge in [-0.25, -0.2) is 9.50 Å². The summed E-state index contributed by atoms with van der Waals surface area (Å²) in [5, 5.41) is 13.8. The van der Waals surface area contributed by atoms with Crippen molar-refractivity contribution in [1.29, 1.82) is 0 Å². The minimum absolute atomic E-state index is 0.259. The zero-order valence-corrected chi connectivity index (χ0v) is 14.5. The second-order valence-corrected chi connectivity index (χ2v) is 6.44. The molecule has 0 unspecified atom stereocenters.